The van der Waals surface area contributed by atoms with Crippen molar-refractivity contribution >= 4 is 11.0 Å². The van der Waals surface area contributed by atoms with Crippen LogP contribution in [-0.2, 0) is 11.8 Å². The number of rotatable bonds is 5. The molecule has 2 rings (SSSR count). The van der Waals surface area contributed by atoms with E-state index in [9.17, 15) is 0 Å². The van der Waals surface area contributed by atoms with Crippen LogP contribution in [0.5, 0.6) is 0 Å². The second-order valence-electron chi connectivity index (χ2n) is 6.68. The van der Waals surface area contributed by atoms with E-state index in [-0.39, 0.29) is 5.41 Å². The Bertz CT molecular complexity index is 575. The number of furan rings is 1. The largest absolute Gasteiger partial charge is 0.464 e. The molecule has 0 saturated heterocycles. The normalized spacial score (nSPS) is 12.2. The first-order chi connectivity index (χ1) is 9.43. The lowest BCUT2D eigenvalue weighted by molar-refractivity contribution is 0.587. The monoisotopic (exact) mass is 273 g/mol. The topological polar surface area (TPSA) is 25.2 Å². The second-order valence-corrected chi connectivity index (χ2v) is 6.68. The Morgan fingerprint density at radius 1 is 1.15 bits per heavy atom. The predicted molar refractivity (Wildman–Crippen MR) is 86.5 cm³/mol. The molecule has 0 aliphatic carbocycles. The minimum atomic E-state index is 0.175. The maximum atomic E-state index is 5.78. The van der Waals surface area contributed by atoms with E-state index in [1.54, 1.807) is 0 Å². The first-order valence-corrected chi connectivity index (χ1v) is 7.65. The fourth-order valence-electron chi connectivity index (χ4n) is 2.51. The predicted octanol–water partition coefficient (Wildman–Crippen LogP) is 4.58. The third-order valence-corrected chi connectivity index (χ3v) is 3.80. The van der Waals surface area contributed by atoms with Crippen LogP contribution >= 0.6 is 0 Å². The van der Waals surface area contributed by atoms with Crippen LogP contribution in [0, 0.1) is 6.92 Å². The van der Waals surface area contributed by atoms with Crippen molar-refractivity contribution < 1.29 is 4.42 Å². The summed E-state index contributed by atoms with van der Waals surface area (Å²) < 4.78 is 5.78. The van der Waals surface area contributed by atoms with Gasteiger partial charge in [0.15, 0.2) is 0 Å². The van der Waals surface area contributed by atoms with Gasteiger partial charge >= 0.3 is 0 Å². The molecule has 1 N–H and O–H groups in total. The van der Waals surface area contributed by atoms with Crippen LogP contribution < -0.4 is 5.32 Å². The fraction of sp³-hybridized carbons (Fsp3) is 0.556. The summed E-state index contributed by atoms with van der Waals surface area (Å²) in [5, 5.41) is 4.74. The van der Waals surface area contributed by atoms with Crippen LogP contribution in [-0.4, -0.2) is 13.1 Å². The van der Waals surface area contributed by atoms with Gasteiger partial charge in [0.25, 0.3) is 0 Å². The van der Waals surface area contributed by atoms with E-state index < -0.39 is 0 Å². The summed E-state index contributed by atoms with van der Waals surface area (Å²) in [4.78, 5) is 0. The molecule has 1 aromatic carbocycles. The van der Waals surface area contributed by atoms with Crippen molar-refractivity contribution in [3.8, 4) is 0 Å². The summed E-state index contributed by atoms with van der Waals surface area (Å²) in [7, 11) is 0. The Morgan fingerprint density at radius 2 is 1.90 bits per heavy atom. The molecule has 0 amide bonds. The molecule has 110 valence electrons. The summed E-state index contributed by atoms with van der Waals surface area (Å²) in [6.07, 6.45) is 4.14. The van der Waals surface area contributed by atoms with Crippen molar-refractivity contribution in [2.75, 3.05) is 13.1 Å². The lowest BCUT2D eigenvalue weighted by Gasteiger charge is -2.20. The van der Waals surface area contributed by atoms with E-state index in [0.717, 1.165) is 25.1 Å². The molecule has 0 fully saturated rings. The summed E-state index contributed by atoms with van der Waals surface area (Å²) in [6.45, 7) is 13.2. The standard InChI is InChI=1S/C18H27NO/c1-6-8-19-9-7-14-12-20-17-13(2)10-15(11-16(14)17)18(3,4)5/h10-12,19H,6-9H2,1-5H3. The maximum absolute atomic E-state index is 5.78. The van der Waals surface area contributed by atoms with Crippen molar-refractivity contribution in [1.82, 2.24) is 5.32 Å². The molecule has 0 unspecified atom stereocenters. The van der Waals surface area contributed by atoms with E-state index in [1.807, 2.05) is 6.26 Å². The summed E-state index contributed by atoms with van der Waals surface area (Å²) in [5.41, 5.74) is 5.15. The molecule has 0 radical (unpaired) electrons. The Morgan fingerprint density at radius 3 is 2.55 bits per heavy atom. The zero-order chi connectivity index (χ0) is 14.8. The molecule has 0 aliphatic heterocycles. The number of benzene rings is 1. The van der Waals surface area contributed by atoms with Crippen molar-refractivity contribution in [3.63, 3.8) is 0 Å². The Labute approximate surface area is 122 Å². The van der Waals surface area contributed by atoms with Gasteiger partial charge in [-0.3, -0.25) is 0 Å². The van der Waals surface area contributed by atoms with Crippen molar-refractivity contribution in [1.29, 1.82) is 0 Å². The smallest absolute Gasteiger partial charge is 0.137 e. The molecule has 0 spiro atoms. The highest BCUT2D eigenvalue weighted by Gasteiger charge is 2.17. The first-order valence-electron chi connectivity index (χ1n) is 7.65. The highest BCUT2D eigenvalue weighted by Crippen LogP contribution is 2.31. The molecule has 2 nitrogen and oxygen atoms in total. The van der Waals surface area contributed by atoms with Gasteiger partial charge in [-0.15, -0.1) is 0 Å². The lowest BCUT2D eigenvalue weighted by atomic mass is 9.85. The van der Waals surface area contributed by atoms with Gasteiger partial charge in [0.05, 0.1) is 6.26 Å². The number of hydrogen-bond donors (Lipinski definition) is 1. The summed E-state index contributed by atoms with van der Waals surface area (Å²) in [6, 6.07) is 4.56. The number of aryl methyl sites for hydroxylation is 1. The molecule has 2 aromatic rings. The number of nitrogens with one attached hydrogen (secondary N) is 1. The van der Waals surface area contributed by atoms with E-state index in [2.05, 4.69) is 52.1 Å². The van der Waals surface area contributed by atoms with Crippen LogP contribution in [0.4, 0.5) is 0 Å². The molecule has 0 saturated carbocycles. The zero-order valence-corrected chi connectivity index (χ0v) is 13.5. The Hall–Kier alpha value is -1.28. The van der Waals surface area contributed by atoms with Crippen LogP contribution in [0.1, 0.15) is 50.8 Å². The average Bonchev–Trinajstić information content (AvgIpc) is 2.77. The van der Waals surface area contributed by atoms with Crippen LogP contribution in [0.2, 0.25) is 0 Å². The molecule has 1 heterocycles. The van der Waals surface area contributed by atoms with Crippen LogP contribution in [0.3, 0.4) is 0 Å². The summed E-state index contributed by atoms with van der Waals surface area (Å²) >= 11 is 0. The zero-order valence-electron chi connectivity index (χ0n) is 13.5. The lowest BCUT2D eigenvalue weighted by Crippen LogP contribution is -2.17. The molecular weight excluding hydrogens is 246 g/mol. The van der Waals surface area contributed by atoms with E-state index in [0.29, 0.717) is 0 Å². The number of hydrogen-bond acceptors (Lipinski definition) is 2. The van der Waals surface area contributed by atoms with Gasteiger partial charge in [-0.1, -0.05) is 33.8 Å². The van der Waals surface area contributed by atoms with Crippen molar-refractivity contribution in [2.45, 2.75) is 52.9 Å². The number of fused-ring (bicyclic) bond motifs is 1. The van der Waals surface area contributed by atoms with Gasteiger partial charge in [-0.25, -0.2) is 0 Å². The van der Waals surface area contributed by atoms with E-state index in [4.69, 9.17) is 4.42 Å². The molecule has 20 heavy (non-hydrogen) atoms. The highest BCUT2D eigenvalue weighted by molar-refractivity contribution is 5.85. The first kappa shape index (κ1) is 15.1. The molecule has 0 atom stereocenters. The van der Waals surface area contributed by atoms with Crippen molar-refractivity contribution in [3.05, 3.63) is 35.1 Å². The second kappa shape index (κ2) is 6.01. The average molecular weight is 273 g/mol. The van der Waals surface area contributed by atoms with E-state index >= 15 is 0 Å². The molecular formula is C18H27NO. The van der Waals surface area contributed by atoms with E-state index in [1.165, 1.54) is 28.5 Å². The third-order valence-electron chi connectivity index (χ3n) is 3.80. The summed E-state index contributed by atoms with van der Waals surface area (Å²) in [5.74, 6) is 0. The SMILES string of the molecule is CCCNCCc1coc2c(C)cc(C(C)(C)C)cc12. The molecule has 2 heteroatoms. The van der Waals surface area contributed by atoms with Gasteiger partial charge in [-0.2, -0.15) is 0 Å². The Kier molecular flexibility index (Phi) is 4.54. The third kappa shape index (κ3) is 3.24. The maximum Gasteiger partial charge on any atom is 0.137 e. The quantitative estimate of drug-likeness (QED) is 0.807. The van der Waals surface area contributed by atoms with Gasteiger partial charge in [0.1, 0.15) is 5.58 Å². The fourth-order valence-corrected chi connectivity index (χ4v) is 2.51. The van der Waals surface area contributed by atoms with Crippen molar-refractivity contribution in [2.24, 2.45) is 0 Å². The minimum absolute atomic E-state index is 0.175. The van der Waals surface area contributed by atoms with Gasteiger partial charge in [-0.05, 0) is 61.0 Å². The van der Waals surface area contributed by atoms with Gasteiger partial charge in [0.2, 0.25) is 0 Å². The van der Waals surface area contributed by atoms with Gasteiger partial charge < -0.3 is 9.73 Å². The van der Waals surface area contributed by atoms with Gasteiger partial charge in [0, 0.05) is 5.39 Å². The van der Waals surface area contributed by atoms with Crippen LogP contribution in [0.25, 0.3) is 11.0 Å². The van der Waals surface area contributed by atoms with Crippen LogP contribution in [0.15, 0.2) is 22.8 Å². The highest BCUT2D eigenvalue weighted by atomic mass is 16.3. The Balaban J connectivity index is 2.30. The minimum Gasteiger partial charge on any atom is -0.464 e. The molecule has 0 bridgehead atoms. The molecule has 0 aliphatic rings. The molecule has 1 aromatic heterocycles.